The molecule has 0 aliphatic heterocycles. The molecule has 7 heteroatoms. The van der Waals surface area contributed by atoms with Crippen LogP contribution in [0.2, 0.25) is 15.2 Å². The van der Waals surface area contributed by atoms with Gasteiger partial charge in [-0.15, -0.1) is 0 Å². The van der Waals surface area contributed by atoms with E-state index in [0.717, 1.165) is 11.3 Å². The Morgan fingerprint density at radius 3 is 2.53 bits per heavy atom. The van der Waals surface area contributed by atoms with Crippen molar-refractivity contribution in [3.05, 3.63) is 51.4 Å². The maximum absolute atomic E-state index is 5.95. The van der Waals surface area contributed by atoms with Crippen molar-refractivity contribution in [1.82, 2.24) is 9.97 Å². The molecule has 0 fully saturated rings. The predicted octanol–water partition coefficient (Wildman–Crippen LogP) is 4.27. The Labute approximate surface area is 125 Å². The summed E-state index contributed by atoms with van der Waals surface area (Å²) < 4.78 is 0. The van der Waals surface area contributed by atoms with Gasteiger partial charge in [-0.1, -0.05) is 40.9 Å². The fourth-order valence-electron chi connectivity index (χ4n) is 1.32. The molecule has 1 N–H and O–H groups in total. The molecule has 0 aliphatic rings. The quantitative estimate of drug-likeness (QED) is 0.679. The van der Waals surface area contributed by atoms with Crippen LogP contribution in [0.3, 0.4) is 0 Å². The zero-order valence-corrected chi connectivity index (χ0v) is 12.1. The summed E-state index contributed by atoms with van der Waals surface area (Å²) in [6, 6.07) is 5.28. The first kappa shape index (κ1) is 14.1. The average molecular weight is 316 g/mol. The lowest BCUT2D eigenvalue weighted by Crippen LogP contribution is -2.01. The molecule has 1 aromatic carbocycles. The van der Waals surface area contributed by atoms with Crippen LogP contribution >= 0.6 is 34.8 Å². The fraction of sp³-hybridized carbons (Fsp3) is 0.0833. The molecular formula is C12H9Cl3N4. The average Bonchev–Trinajstić information content (AvgIpc) is 2.40. The number of benzene rings is 1. The highest BCUT2D eigenvalue weighted by Gasteiger charge is 2.04. The maximum atomic E-state index is 5.95. The minimum atomic E-state index is 0.258. The molecule has 0 amide bonds. The Hall–Kier alpha value is -1.36. The second-order valence-corrected chi connectivity index (χ2v) is 4.81. The molecule has 2 rings (SSSR count). The monoisotopic (exact) mass is 314 g/mol. The Morgan fingerprint density at radius 2 is 1.84 bits per heavy atom. The fourth-order valence-corrected chi connectivity index (χ4v) is 1.76. The highest BCUT2D eigenvalue weighted by molar-refractivity contribution is 6.42. The third-order valence-electron chi connectivity index (χ3n) is 2.32. The lowest BCUT2D eigenvalue weighted by molar-refractivity contribution is 1.15. The largest absolute Gasteiger partial charge is 0.259 e. The molecule has 0 saturated heterocycles. The zero-order chi connectivity index (χ0) is 13.8. The van der Waals surface area contributed by atoms with Crippen molar-refractivity contribution in [3.63, 3.8) is 0 Å². The summed E-state index contributed by atoms with van der Waals surface area (Å²) in [5, 5.41) is 5.41. The first-order chi connectivity index (χ1) is 9.08. The van der Waals surface area contributed by atoms with Crippen molar-refractivity contribution < 1.29 is 0 Å². The van der Waals surface area contributed by atoms with E-state index in [1.54, 1.807) is 12.1 Å². The van der Waals surface area contributed by atoms with E-state index >= 15 is 0 Å². The van der Waals surface area contributed by atoms with Gasteiger partial charge in [-0.3, -0.25) is 5.43 Å². The number of hydrogen-bond acceptors (Lipinski definition) is 4. The molecule has 98 valence electrons. The highest BCUT2D eigenvalue weighted by atomic mass is 35.5. The number of hydrogen-bond donors (Lipinski definition) is 1. The molecule has 0 aliphatic carbocycles. The summed E-state index contributed by atoms with van der Waals surface area (Å²) in [6.45, 7) is 1.83. The van der Waals surface area contributed by atoms with Crippen LogP contribution in [0.1, 0.15) is 12.5 Å². The van der Waals surface area contributed by atoms with Crippen molar-refractivity contribution >= 4 is 46.3 Å². The van der Waals surface area contributed by atoms with E-state index in [0.29, 0.717) is 15.9 Å². The van der Waals surface area contributed by atoms with Gasteiger partial charge in [-0.2, -0.15) is 5.10 Å². The number of nitrogens with one attached hydrogen (secondary N) is 1. The molecule has 0 saturated carbocycles. The van der Waals surface area contributed by atoms with Crippen LogP contribution in [0.15, 0.2) is 35.7 Å². The second kappa shape index (κ2) is 6.19. The lowest BCUT2D eigenvalue weighted by Gasteiger charge is -2.05. The summed E-state index contributed by atoms with van der Waals surface area (Å²) in [5.74, 6) is 0.392. The van der Waals surface area contributed by atoms with E-state index in [-0.39, 0.29) is 5.15 Å². The molecule has 19 heavy (non-hydrogen) atoms. The van der Waals surface area contributed by atoms with Crippen molar-refractivity contribution in [1.29, 1.82) is 0 Å². The third kappa shape index (κ3) is 3.56. The van der Waals surface area contributed by atoms with Gasteiger partial charge in [0.05, 0.1) is 15.8 Å². The molecule has 1 aromatic heterocycles. The van der Waals surface area contributed by atoms with Crippen molar-refractivity contribution in [2.24, 2.45) is 5.10 Å². The number of hydrazone groups is 1. The molecule has 0 radical (unpaired) electrons. The van der Waals surface area contributed by atoms with Gasteiger partial charge in [0.25, 0.3) is 0 Å². The molecule has 2 aromatic rings. The molecule has 0 bridgehead atoms. The first-order valence-corrected chi connectivity index (χ1v) is 6.43. The van der Waals surface area contributed by atoms with Gasteiger partial charge in [0.2, 0.25) is 0 Å². The number of anilines is 1. The standard InChI is InChI=1S/C12H9Cl3N4/c1-7(8-2-3-9(13)10(14)6-8)18-19-12-11(15)16-4-5-17-12/h2-6H,1H3,(H,17,19). The highest BCUT2D eigenvalue weighted by Crippen LogP contribution is 2.23. The van der Waals surface area contributed by atoms with Crippen molar-refractivity contribution in [2.75, 3.05) is 5.43 Å². The van der Waals surface area contributed by atoms with Gasteiger partial charge in [0.1, 0.15) is 0 Å². The minimum Gasteiger partial charge on any atom is -0.259 e. The topological polar surface area (TPSA) is 50.2 Å². The normalized spacial score (nSPS) is 11.5. The summed E-state index contributed by atoms with van der Waals surface area (Å²) in [7, 11) is 0. The zero-order valence-electron chi connectivity index (χ0n) is 9.86. The molecule has 0 spiro atoms. The van der Waals surface area contributed by atoms with Crippen LogP contribution in [0, 0.1) is 0 Å². The van der Waals surface area contributed by atoms with Crippen LogP contribution in [0.5, 0.6) is 0 Å². The van der Waals surface area contributed by atoms with E-state index in [1.165, 1.54) is 12.4 Å². The molecular weight excluding hydrogens is 307 g/mol. The van der Waals surface area contributed by atoms with Crippen molar-refractivity contribution in [2.45, 2.75) is 6.92 Å². The smallest absolute Gasteiger partial charge is 0.184 e. The van der Waals surface area contributed by atoms with Crippen LogP contribution in [0.4, 0.5) is 5.82 Å². The van der Waals surface area contributed by atoms with Gasteiger partial charge >= 0.3 is 0 Å². The van der Waals surface area contributed by atoms with E-state index in [2.05, 4.69) is 20.5 Å². The second-order valence-electron chi connectivity index (χ2n) is 3.63. The molecule has 0 unspecified atom stereocenters. The first-order valence-electron chi connectivity index (χ1n) is 5.30. The van der Waals surface area contributed by atoms with Crippen LogP contribution in [-0.4, -0.2) is 15.7 Å². The molecule has 4 nitrogen and oxygen atoms in total. The van der Waals surface area contributed by atoms with E-state index in [4.69, 9.17) is 34.8 Å². The number of aromatic nitrogens is 2. The van der Waals surface area contributed by atoms with Crippen LogP contribution in [-0.2, 0) is 0 Å². The summed E-state index contributed by atoms with van der Waals surface area (Å²) >= 11 is 17.7. The van der Waals surface area contributed by atoms with Crippen LogP contribution < -0.4 is 5.43 Å². The predicted molar refractivity (Wildman–Crippen MR) is 79.3 cm³/mol. The number of halogens is 3. The summed E-state index contributed by atoms with van der Waals surface area (Å²) in [4.78, 5) is 7.90. The number of rotatable bonds is 3. The van der Waals surface area contributed by atoms with Gasteiger partial charge in [0.15, 0.2) is 11.0 Å². The van der Waals surface area contributed by atoms with Gasteiger partial charge in [-0.05, 0) is 24.6 Å². The van der Waals surface area contributed by atoms with Crippen LogP contribution in [0.25, 0.3) is 0 Å². The molecule has 1 heterocycles. The lowest BCUT2D eigenvalue weighted by atomic mass is 10.1. The van der Waals surface area contributed by atoms with E-state index in [1.807, 2.05) is 13.0 Å². The number of nitrogens with zero attached hydrogens (tertiary/aromatic N) is 3. The Bertz CT molecular complexity index is 628. The summed E-state index contributed by atoms with van der Waals surface area (Å²) in [5.41, 5.74) is 4.32. The van der Waals surface area contributed by atoms with E-state index in [9.17, 15) is 0 Å². The Morgan fingerprint density at radius 1 is 1.11 bits per heavy atom. The third-order valence-corrected chi connectivity index (χ3v) is 3.34. The minimum absolute atomic E-state index is 0.258. The SMILES string of the molecule is CC(=NNc1nccnc1Cl)c1ccc(Cl)c(Cl)c1. The Kier molecular flexibility index (Phi) is 4.58. The summed E-state index contributed by atoms with van der Waals surface area (Å²) in [6.07, 6.45) is 3.03. The van der Waals surface area contributed by atoms with Crippen molar-refractivity contribution in [3.8, 4) is 0 Å². The maximum Gasteiger partial charge on any atom is 0.184 e. The van der Waals surface area contributed by atoms with Gasteiger partial charge < -0.3 is 0 Å². The van der Waals surface area contributed by atoms with E-state index < -0.39 is 0 Å². The van der Waals surface area contributed by atoms with Gasteiger partial charge in [0, 0.05) is 12.4 Å². The van der Waals surface area contributed by atoms with Gasteiger partial charge in [-0.25, -0.2) is 9.97 Å². The molecule has 0 atom stereocenters. The Balaban J connectivity index is 2.19.